The van der Waals surface area contributed by atoms with Gasteiger partial charge in [-0.15, -0.1) is 6.58 Å². The van der Waals surface area contributed by atoms with E-state index < -0.39 is 0 Å². The number of anilines is 1. The zero-order valence-corrected chi connectivity index (χ0v) is 10.3. The van der Waals surface area contributed by atoms with Gasteiger partial charge >= 0.3 is 0 Å². The largest absolute Gasteiger partial charge is 0.359 e. The molecule has 2 rings (SSSR count). The lowest BCUT2D eigenvalue weighted by Crippen LogP contribution is -2.28. The van der Waals surface area contributed by atoms with Crippen molar-refractivity contribution in [2.45, 2.75) is 6.92 Å². The summed E-state index contributed by atoms with van der Waals surface area (Å²) >= 11 is 5.11. The molecule has 0 bridgehead atoms. The van der Waals surface area contributed by atoms with Crippen LogP contribution in [0.2, 0.25) is 0 Å². The second-order valence-electron chi connectivity index (χ2n) is 3.65. The number of thiocarbonyl (C=S) groups is 1. The second kappa shape index (κ2) is 4.97. The van der Waals surface area contributed by atoms with Crippen molar-refractivity contribution in [3.63, 3.8) is 0 Å². The normalized spacial score (nSPS) is 10.2. The van der Waals surface area contributed by atoms with Crippen molar-refractivity contribution < 1.29 is 4.52 Å². The van der Waals surface area contributed by atoms with Crippen LogP contribution in [0.1, 0.15) is 5.56 Å². The highest BCUT2D eigenvalue weighted by Gasteiger charge is 2.08. The Balaban J connectivity index is 2.21. The van der Waals surface area contributed by atoms with E-state index >= 15 is 0 Å². The van der Waals surface area contributed by atoms with Crippen LogP contribution < -0.4 is 10.6 Å². The Kier molecular flexibility index (Phi) is 3.39. The maximum absolute atomic E-state index is 5.19. The molecule has 0 aliphatic rings. The Hall–Kier alpha value is -1.88. The average molecular weight is 247 g/mol. The molecule has 5 heteroatoms. The van der Waals surface area contributed by atoms with Crippen molar-refractivity contribution in [3.05, 3.63) is 36.4 Å². The summed E-state index contributed by atoms with van der Waals surface area (Å²) in [7, 11) is 0. The minimum absolute atomic E-state index is 0.501. The molecule has 0 aliphatic carbocycles. The van der Waals surface area contributed by atoms with Gasteiger partial charge in [0, 0.05) is 6.54 Å². The van der Waals surface area contributed by atoms with Gasteiger partial charge in [0.25, 0.3) is 0 Å². The van der Waals surface area contributed by atoms with Gasteiger partial charge < -0.3 is 15.2 Å². The lowest BCUT2D eigenvalue weighted by Gasteiger charge is -2.05. The van der Waals surface area contributed by atoms with E-state index in [4.69, 9.17) is 16.7 Å². The quantitative estimate of drug-likeness (QED) is 0.645. The van der Waals surface area contributed by atoms with Crippen LogP contribution in [-0.2, 0) is 0 Å². The summed E-state index contributed by atoms with van der Waals surface area (Å²) in [6.45, 7) is 6.24. The number of aromatic nitrogens is 1. The van der Waals surface area contributed by atoms with E-state index in [1.54, 1.807) is 6.08 Å². The molecule has 0 amide bonds. The molecular formula is C12H13N3OS. The molecule has 0 saturated carbocycles. The maximum atomic E-state index is 5.19. The molecule has 88 valence electrons. The third-order valence-corrected chi connectivity index (χ3v) is 2.51. The van der Waals surface area contributed by atoms with E-state index in [0.717, 1.165) is 16.5 Å². The first-order chi connectivity index (χ1) is 8.20. The predicted octanol–water partition coefficient (Wildman–Crippen LogP) is 2.61. The first-order valence-electron chi connectivity index (χ1n) is 5.22. The number of rotatable bonds is 3. The number of aryl methyl sites for hydroxylation is 1. The van der Waals surface area contributed by atoms with E-state index in [-0.39, 0.29) is 0 Å². The van der Waals surface area contributed by atoms with Crippen molar-refractivity contribution in [2.24, 2.45) is 0 Å². The van der Waals surface area contributed by atoms with Crippen LogP contribution in [0.15, 0.2) is 35.4 Å². The minimum atomic E-state index is 0.501. The molecule has 1 aromatic carbocycles. The fraction of sp³-hybridized carbons (Fsp3) is 0.167. The number of nitrogens with zero attached hydrogens (tertiary/aromatic N) is 1. The Morgan fingerprint density at radius 3 is 3.18 bits per heavy atom. The summed E-state index contributed by atoms with van der Waals surface area (Å²) in [5.74, 6) is 0.630. The molecule has 17 heavy (non-hydrogen) atoms. The van der Waals surface area contributed by atoms with Crippen molar-refractivity contribution in [1.82, 2.24) is 10.5 Å². The van der Waals surface area contributed by atoms with Crippen molar-refractivity contribution >= 4 is 34.1 Å². The first-order valence-corrected chi connectivity index (χ1v) is 5.63. The second-order valence-corrected chi connectivity index (χ2v) is 4.06. The van der Waals surface area contributed by atoms with Gasteiger partial charge in [-0.25, -0.2) is 0 Å². The summed E-state index contributed by atoms with van der Waals surface area (Å²) in [5, 5.41) is 11.3. The van der Waals surface area contributed by atoms with Gasteiger partial charge in [0.2, 0.25) is 0 Å². The van der Waals surface area contributed by atoms with Gasteiger partial charge in [0.15, 0.2) is 16.5 Å². The van der Waals surface area contributed by atoms with E-state index in [1.165, 1.54) is 0 Å². The van der Waals surface area contributed by atoms with Crippen LogP contribution in [0.4, 0.5) is 5.82 Å². The molecule has 4 nitrogen and oxygen atoms in total. The summed E-state index contributed by atoms with van der Waals surface area (Å²) < 4.78 is 5.19. The molecular weight excluding hydrogens is 234 g/mol. The van der Waals surface area contributed by atoms with Gasteiger partial charge in [0.05, 0.1) is 5.39 Å². The highest BCUT2D eigenvalue weighted by atomic mass is 32.1. The Bertz CT molecular complexity index is 562. The molecule has 0 atom stereocenters. The van der Waals surface area contributed by atoms with Crippen molar-refractivity contribution in [1.29, 1.82) is 0 Å². The lowest BCUT2D eigenvalue weighted by atomic mass is 10.2. The molecule has 2 N–H and O–H groups in total. The Labute approximate surface area is 105 Å². The van der Waals surface area contributed by atoms with Crippen LogP contribution in [0, 0.1) is 6.92 Å². The fourth-order valence-corrected chi connectivity index (χ4v) is 1.64. The summed E-state index contributed by atoms with van der Waals surface area (Å²) in [5.41, 5.74) is 1.89. The number of fused-ring (bicyclic) bond motifs is 1. The van der Waals surface area contributed by atoms with Gasteiger partial charge in [-0.05, 0) is 31.3 Å². The predicted molar refractivity (Wildman–Crippen MR) is 73.2 cm³/mol. The molecule has 0 fully saturated rings. The highest BCUT2D eigenvalue weighted by molar-refractivity contribution is 7.80. The third kappa shape index (κ3) is 2.62. The van der Waals surface area contributed by atoms with Crippen molar-refractivity contribution in [2.75, 3.05) is 11.9 Å². The van der Waals surface area contributed by atoms with Gasteiger partial charge in [-0.2, -0.15) is 0 Å². The van der Waals surface area contributed by atoms with E-state index in [9.17, 15) is 0 Å². The number of benzene rings is 1. The molecule has 0 radical (unpaired) electrons. The monoisotopic (exact) mass is 247 g/mol. The van der Waals surface area contributed by atoms with Crippen LogP contribution in [-0.4, -0.2) is 16.8 Å². The van der Waals surface area contributed by atoms with Gasteiger partial charge in [-0.1, -0.05) is 22.9 Å². The summed E-state index contributed by atoms with van der Waals surface area (Å²) in [6, 6.07) is 5.87. The van der Waals surface area contributed by atoms with E-state index in [0.29, 0.717) is 17.5 Å². The molecule has 2 aromatic rings. The SMILES string of the molecule is C=CCNC(=S)Nc1noc2ccc(C)cc12. The summed E-state index contributed by atoms with van der Waals surface area (Å²) in [4.78, 5) is 0. The van der Waals surface area contributed by atoms with Gasteiger partial charge in [0.1, 0.15) is 0 Å². The fourth-order valence-electron chi connectivity index (χ4n) is 1.46. The molecule has 1 heterocycles. The van der Waals surface area contributed by atoms with Crippen LogP contribution in [0.5, 0.6) is 0 Å². The zero-order chi connectivity index (χ0) is 12.3. The number of hydrogen-bond acceptors (Lipinski definition) is 3. The van der Waals surface area contributed by atoms with Gasteiger partial charge in [-0.3, -0.25) is 0 Å². The topological polar surface area (TPSA) is 50.1 Å². The Morgan fingerprint density at radius 1 is 1.59 bits per heavy atom. The standard InChI is InChI=1S/C12H13N3OS/c1-3-6-13-12(17)14-11-9-7-8(2)4-5-10(9)16-15-11/h3-5,7H,1,6H2,2H3,(H2,13,14,15,17). The molecule has 0 saturated heterocycles. The maximum Gasteiger partial charge on any atom is 0.183 e. The Morgan fingerprint density at radius 2 is 2.41 bits per heavy atom. The average Bonchev–Trinajstić information content (AvgIpc) is 2.69. The van der Waals surface area contributed by atoms with E-state index in [1.807, 2.05) is 25.1 Å². The zero-order valence-electron chi connectivity index (χ0n) is 9.49. The molecule has 1 aromatic heterocycles. The van der Waals surface area contributed by atoms with Crippen LogP contribution in [0.25, 0.3) is 11.0 Å². The van der Waals surface area contributed by atoms with Crippen LogP contribution >= 0.6 is 12.2 Å². The third-order valence-electron chi connectivity index (χ3n) is 2.26. The molecule has 0 spiro atoms. The minimum Gasteiger partial charge on any atom is -0.359 e. The number of nitrogens with one attached hydrogen (secondary N) is 2. The lowest BCUT2D eigenvalue weighted by molar-refractivity contribution is 0.460. The molecule has 0 aliphatic heterocycles. The first kappa shape index (κ1) is 11.6. The molecule has 0 unspecified atom stereocenters. The van der Waals surface area contributed by atoms with Crippen LogP contribution in [0.3, 0.4) is 0 Å². The number of hydrogen-bond donors (Lipinski definition) is 2. The van der Waals surface area contributed by atoms with Crippen molar-refractivity contribution in [3.8, 4) is 0 Å². The highest BCUT2D eigenvalue weighted by Crippen LogP contribution is 2.23. The smallest absolute Gasteiger partial charge is 0.183 e. The summed E-state index contributed by atoms with van der Waals surface area (Å²) in [6.07, 6.45) is 1.74. The van der Waals surface area contributed by atoms with E-state index in [2.05, 4.69) is 22.4 Å².